The Morgan fingerprint density at radius 1 is 0.946 bits per heavy atom. The Balaban J connectivity index is 1.39. The molecule has 8 nitrogen and oxygen atoms in total. The lowest BCUT2D eigenvalue weighted by Crippen LogP contribution is -2.23. The van der Waals surface area contributed by atoms with Gasteiger partial charge in [-0.2, -0.15) is 0 Å². The van der Waals surface area contributed by atoms with Crippen LogP contribution in [0.5, 0.6) is 0 Å². The van der Waals surface area contributed by atoms with Crippen LogP contribution in [0.4, 0.5) is 5.69 Å². The Labute approximate surface area is 213 Å². The molecule has 5 rings (SSSR count). The summed E-state index contributed by atoms with van der Waals surface area (Å²) in [7, 11) is 0. The van der Waals surface area contributed by atoms with Gasteiger partial charge in [0.05, 0.1) is 29.0 Å². The minimum absolute atomic E-state index is 0.245. The molecule has 5 aromatic rings. The molecule has 3 heterocycles. The second-order valence-corrected chi connectivity index (χ2v) is 8.85. The summed E-state index contributed by atoms with van der Waals surface area (Å²) in [5.74, 6) is 0.0380. The van der Waals surface area contributed by atoms with Crippen molar-refractivity contribution in [3.05, 3.63) is 107 Å². The van der Waals surface area contributed by atoms with Gasteiger partial charge in [-0.05, 0) is 67.9 Å². The minimum Gasteiger partial charge on any atom is -0.449 e. The molecule has 0 unspecified atom stereocenters. The average Bonchev–Trinajstić information content (AvgIpc) is 3.32. The first-order valence-corrected chi connectivity index (χ1v) is 11.8. The maximum absolute atomic E-state index is 13.5. The summed E-state index contributed by atoms with van der Waals surface area (Å²) >= 11 is 0. The van der Waals surface area contributed by atoms with Crippen LogP contribution in [-0.2, 0) is 6.54 Å². The molecule has 0 saturated carbocycles. The highest BCUT2D eigenvalue weighted by Crippen LogP contribution is 2.28. The Morgan fingerprint density at radius 2 is 1.76 bits per heavy atom. The van der Waals surface area contributed by atoms with Gasteiger partial charge in [-0.3, -0.25) is 14.6 Å². The highest BCUT2D eigenvalue weighted by Gasteiger charge is 2.17. The van der Waals surface area contributed by atoms with Crippen LogP contribution in [0.3, 0.4) is 0 Å². The third-order valence-electron chi connectivity index (χ3n) is 5.95. The summed E-state index contributed by atoms with van der Waals surface area (Å²) in [6.45, 7) is 6.00. The van der Waals surface area contributed by atoms with Gasteiger partial charge in [0.15, 0.2) is 5.89 Å². The second-order valence-electron chi connectivity index (χ2n) is 8.85. The van der Waals surface area contributed by atoms with E-state index in [0.717, 1.165) is 27.6 Å². The zero-order valence-corrected chi connectivity index (χ0v) is 20.7. The van der Waals surface area contributed by atoms with Crippen molar-refractivity contribution in [1.29, 1.82) is 0 Å². The molecule has 0 bridgehead atoms. The number of nitrogens with one attached hydrogen (secondary N) is 2. The van der Waals surface area contributed by atoms with Gasteiger partial charge < -0.3 is 15.1 Å². The van der Waals surface area contributed by atoms with Gasteiger partial charge >= 0.3 is 0 Å². The standard InChI is InChI=1S/C29H25N5O3/c1-17-11-18(2)27-24(12-17)25(13-26(34-27)21-5-4-10-30-14-21)29(36)33-22-8-6-20(7-9-22)28(35)31-15-23-16-37-19(3)32-23/h4-14,16H,15H2,1-3H3,(H,31,35)(H,33,36). The van der Waals surface area contributed by atoms with E-state index in [1.54, 1.807) is 49.6 Å². The van der Waals surface area contributed by atoms with Gasteiger partial charge in [0, 0.05) is 41.5 Å². The van der Waals surface area contributed by atoms with E-state index in [1.807, 2.05) is 32.0 Å². The molecule has 0 spiro atoms. The lowest BCUT2D eigenvalue weighted by Gasteiger charge is -2.13. The lowest BCUT2D eigenvalue weighted by molar-refractivity contribution is 0.0950. The highest BCUT2D eigenvalue weighted by atomic mass is 16.3. The first-order valence-electron chi connectivity index (χ1n) is 11.8. The van der Waals surface area contributed by atoms with E-state index >= 15 is 0 Å². The molecule has 0 fully saturated rings. The van der Waals surface area contributed by atoms with Crippen molar-refractivity contribution >= 4 is 28.4 Å². The third-order valence-corrected chi connectivity index (χ3v) is 5.95. The van der Waals surface area contributed by atoms with Crippen LogP contribution >= 0.6 is 0 Å². The molecule has 2 N–H and O–H groups in total. The Morgan fingerprint density at radius 3 is 2.46 bits per heavy atom. The molecule has 0 aliphatic heterocycles. The molecule has 2 amide bonds. The van der Waals surface area contributed by atoms with Crippen molar-refractivity contribution in [3.63, 3.8) is 0 Å². The van der Waals surface area contributed by atoms with Crippen LogP contribution in [0, 0.1) is 20.8 Å². The fourth-order valence-electron chi connectivity index (χ4n) is 4.20. The van der Waals surface area contributed by atoms with Crippen molar-refractivity contribution in [2.75, 3.05) is 5.32 Å². The number of hydrogen-bond acceptors (Lipinski definition) is 6. The molecule has 184 valence electrons. The molecular formula is C29H25N5O3. The van der Waals surface area contributed by atoms with Gasteiger partial charge in [-0.15, -0.1) is 0 Å². The topological polar surface area (TPSA) is 110 Å². The van der Waals surface area contributed by atoms with Gasteiger partial charge in [0.2, 0.25) is 0 Å². The molecule has 37 heavy (non-hydrogen) atoms. The normalized spacial score (nSPS) is 10.9. The number of amides is 2. The molecular weight excluding hydrogens is 466 g/mol. The van der Waals surface area contributed by atoms with E-state index in [2.05, 4.69) is 26.7 Å². The maximum Gasteiger partial charge on any atom is 0.256 e. The molecule has 0 radical (unpaired) electrons. The number of benzene rings is 2. The van der Waals surface area contributed by atoms with Crippen LogP contribution in [0.1, 0.15) is 43.4 Å². The van der Waals surface area contributed by atoms with E-state index < -0.39 is 0 Å². The second kappa shape index (κ2) is 10.0. The van der Waals surface area contributed by atoms with Crippen LogP contribution < -0.4 is 10.6 Å². The van der Waals surface area contributed by atoms with Gasteiger partial charge in [0.25, 0.3) is 11.8 Å². The van der Waals surface area contributed by atoms with E-state index in [-0.39, 0.29) is 18.4 Å². The van der Waals surface area contributed by atoms with E-state index in [4.69, 9.17) is 9.40 Å². The predicted molar refractivity (Wildman–Crippen MR) is 141 cm³/mol. The largest absolute Gasteiger partial charge is 0.449 e. The van der Waals surface area contributed by atoms with Crippen molar-refractivity contribution in [2.24, 2.45) is 0 Å². The smallest absolute Gasteiger partial charge is 0.256 e. The summed E-state index contributed by atoms with van der Waals surface area (Å²) in [4.78, 5) is 39.2. The SMILES string of the molecule is Cc1cc(C)c2nc(-c3cccnc3)cc(C(=O)Nc3ccc(C(=O)NCc4coc(C)n4)cc3)c2c1. The summed E-state index contributed by atoms with van der Waals surface area (Å²) in [5, 5.41) is 6.54. The molecule has 0 aliphatic rings. The first-order chi connectivity index (χ1) is 17.9. The first kappa shape index (κ1) is 23.9. The van der Waals surface area contributed by atoms with Crippen LogP contribution in [0.15, 0.2) is 77.7 Å². The number of aryl methyl sites for hydroxylation is 3. The summed E-state index contributed by atoms with van der Waals surface area (Å²) < 4.78 is 5.15. The predicted octanol–water partition coefficient (Wildman–Crippen LogP) is 5.39. The van der Waals surface area contributed by atoms with Crippen LogP contribution in [0.2, 0.25) is 0 Å². The number of rotatable bonds is 6. The van der Waals surface area contributed by atoms with Crippen molar-refractivity contribution in [3.8, 4) is 11.3 Å². The lowest BCUT2D eigenvalue weighted by atomic mass is 9.99. The number of fused-ring (bicyclic) bond motifs is 1. The zero-order valence-electron chi connectivity index (χ0n) is 20.7. The summed E-state index contributed by atoms with van der Waals surface area (Å²) in [6.07, 6.45) is 4.94. The monoisotopic (exact) mass is 491 g/mol. The molecule has 2 aromatic carbocycles. The molecule has 0 aliphatic carbocycles. The van der Waals surface area contributed by atoms with E-state index in [1.165, 1.54) is 6.26 Å². The van der Waals surface area contributed by atoms with Gasteiger partial charge in [0.1, 0.15) is 6.26 Å². The molecule has 3 aromatic heterocycles. The summed E-state index contributed by atoms with van der Waals surface area (Å²) in [5.41, 5.74) is 6.52. The quantitative estimate of drug-likeness (QED) is 0.329. The average molecular weight is 492 g/mol. The number of carbonyl (C=O) groups excluding carboxylic acids is 2. The van der Waals surface area contributed by atoms with Crippen molar-refractivity contribution < 1.29 is 14.0 Å². The summed E-state index contributed by atoms with van der Waals surface area (Å²) in [6, 6.07) is 16.3. The van der Waals surface area contributed by atoms with Crippen molar-refractivity contribution in [2.45, 2.75) is 27.3 Å². The van der Waals surface area contributed by atoms with Gasteiger partial charge in [-0.25, -0.2) is 9.97 Å². The Kier molecular flexibility index (Phi) is 6.47. The maximum atomic E-state index is 13.5. The highest BCUT2D eigenvalue weighted by molar-refractivity contribution is 6.13. The fourth-order valence-corrected chi connectivity index (χ4v) is 4.20. The van der Waals surface area contributed by atoms with E-state index in [0.29, 0.717) is 34.1 Å². The Hall–Kier alpha value is -4.85. The number of anilines is 1. The Bertz CT molecular complexity index is 1610. The minimum atomic E-state index is -0.263. The van der Waals surface area contributed by atoms with Gasteiger partial charge in [-0.1, -0.05) is 11.6 Å². The molecule has 0 atom stereocenters. The number of carbonyl (C=O) groups is 2. The number of aromatic nitrogens is 3. The molecule has 0 saturated heterocycles. The fraction of sp³-hybridized carbons (Fsp3) is 0.138. The van der Waals surface area contributed by atoms with Crippen molar-refractivity contribution in [1.82, 2.24) is 20.3 Å². The number of oxazole rings is 1. The molecule has 8 heteroatoms. The van der Waals surface area contributed by atoms with Crippen LogP contribution in [-0.4, -0.2) is 26.8 Å². The number of pyridine rings is 2. The zero-order chi connectivity index (χ0) is 25.9. The number of hydrogen-bond donors (Lipinski definition) is 2. The number of nitrogens with zero attached hydrogens (tertiary/aromatic N) is 3. The van der Waals surface area contributed by atoms with E-state index in [9.17, 15) is 9.59 Å². The third kappa shape index (κ3) is 5.23. The van der Waals surface area contributed by atoms with Crippen LogP contribution in [0.25, 0.3) is 22.2 Å².